The Hall–Kier alpha value is -0.0600. The van der Waals surface area contributed by atoms with E-state index in [1.54, 1.807) is 0 Å². The summed E-state index contributed by atoms with van der Waals surface area (Å²) in [6.45, 7) is 1.44. The van der Waals surface area contributed by atoms with Crippen molar-refractivity contribution in [2.45, 2.75) is 63.2 Å². The maximum absolute atomic E-state index is 12.7. The van der Waals surface area contributed by atoms with E-state index in [2.05, 4.69) is 0 Å². The first-order chi connectivity index (χ1) is 8.12. The van der Waals surface area contributed by atoms with Crippen LogP contribution in [0.4, 0.5) is 13.2 Å². The zero-order chi connectivity index (χ0) is 14.0. The lowest BCUT2D eigenvalue weighted by Gasteiger charge is -2.42. The molecule has 0 aromatic heterocycles. The summed E-state index contributed by atoms with van der Waals surface area (Å²) in [5.41, 5.74) is 0. The summed E-state index contributed by atoms with van der Waals surface area (Å²) >= 11 is 0. The Balaban J connectivity index is 3.09. The first-order valence-corrected chi connectivity index (χ1v) is 7.86. The van der Waals surface area contributed by atoms with Crippen molar-refractivity contribution in [2.75, 3.05) is 0 Å². The number of rotatable bonds is 4. The van der Waals surface area contributed by atoms with E-state index in [9.17, 15) is 27.5 Å². The fourth-order valence-electron chi connectivity index (χ4n) is 3.09. The van der Waals surface area contributed by atoms with Crippen LogP contribution in [0.5, 0.6) is 0 Å². The maximum Gasteiger partial charge on any atom is 0.390 e. The molecule has 108 valence electrons. The van der Waals surface area contributed by atoms with E-state index in [1.165, 1.54) is 6.92 Å². The van der Waals surface area contributed by atoms with Crippen LogP contribution in [0.25, 0.3) is 0 Å². The highest BCUT2D eigenvalue weighted by Gasteiger charge is 2.56. The third kappa shape index (κ3) is 3.49. The number of halogens is 3. The second-order valence-electron chi connectivity index (χ2n) is 5.13. The number of alkyl halides is 3. The highest BCUT2D eigenvalue weighted by atomic mass is 31.2. The third-order valence-electron chi connectivity index (χ3n) is 4.06. The first kappa shape index (κ1) is 16.0. The molecule has 0 aromatic carbocycles. The molecule has 0 aliphatic heterocycles. The molecule has 0 radical (unpaired) electrons. The molecule has 0 aromatic rings. The predicted octanol–water partition coefficient (Wildman–Crippen LogP) is 3.85. The highest BCUT2D eigenvalue weighted by Crippen LogP contribution is 2.63. The molecule has 1 aliphatic rings. The summed E-state index contributed by atoms with van der Waals surface area (Å²) in [6, 6.07) is 0. The Morgan fingerprint density at radius 3 is 2.00 bits per heavy atom. The fourth-order valence-corrected chi connectivity index (χ4v) is 4.62. The lowest BCUT2D eigenvalue weighted by molar-refractivity contribution is -0.147. The molecule has 0 saturated heterocycles. The van der Waals surface area contributed by atoms with E-state index in [-0.39, 0.29) is 6.42 Å². The Kier molecular flexibility index (Phi) is 4.90. The van der Waals surface area contributed by atoms with Crippen molar-refractivity contribution in [3.05, 3.63) is 0 Å². The third-order valence-corrected chi connectivity index (χ3v) is 6.06. The van der Waals surface area contributed by atoms with Gasteiger partial charge in [0.2, 0.25) is 0 Å². The van der Waals surface area contributed by atoms with E-state index in [1.807, 2.05) is 0 Å². The van der Waals surface area contributed by atoms with Crippen LogP contribution in [0.1, 0.15) is 51.9 Å². The van der Waals surface area contributed by atoms with Gasteiger partial charge in [-0.1, -0.05) is 26.2 Å². The molecular formula is C11H20F3O3P. The smallest absolute Gasteiger partial charge is 0.324 e. The molecule has 0 spiro atoms. The molecule has 7 heteroatoms. The Morgan fingerprint density at radius 2 is 1.67 bits per heavy atom. The average molecular weight is 288 g/mol. The summed E-state index contributed by atoms with van der Waals surface area (Å²) in [4.78, 5) is 18.9. The van der Waals surface area contributed by atoms with Gasteiger partial charge in [0.15, 0.2) is 0 Å². The van der Waals surface area contributed by atoms with Crippen molar-refractivity contribution >= 4 is 7.60 Å². The minimum absolute atomic E-state index is 0.137. The zero-order valence-corrected chi connectivity index (χ0v) is 11.3. The SMILES string of the molecule is CCC(CC(F)(F)F)(C1CCCCC1)P(=O)(O)O. The van der Waals surface area contributed by atoms with Crippen molar-refractivity contribution in [1.29, 1.82) is 0 Å². The average Bonchev–Trinajstić information content (AvgIpc) is 2.24. The highest BCUT2D eigenvalue weighted by molar-refractivity contribution is 7.53. The van der Waals surface area contributed by atoms with Crippen LogP contribution in [0.2, 0.25) is 0 Å². The van der Waals surface area contributed by atoms with Gasteiger partial charge in [0.05, 0.1) is 11.6 Å². The molecule has 0 heterocycles. The van der Waals surface area contributed by atoms with Gasteiger partial charge in [-0.3, -0.25) is 4.57 Å². The molecule has 1 rings (SSSR count). The summed E-state index contributed by atoms with van der Waals surface area (Å²) < 4.78 is 49.7. The minimum Gasteiger partial charge on any atom is -0.324 e. The fraction of sp³-hybridized carbons (Fsp3) is 1.00. The summed E-state index contributed by atoms with van der Waals surface area (Å²) in [5.74, 6) is -0.529. The van der Waals surface area contributed by atoms with Crippen LogP contribution in [0, 0.1) is 5.92 Å². The lowest BCUT2D eigenvalue weighted by atomic mass is 9.76. The standard InChI is InChI=1S/C11H20F3O3P/c1-2-10(18(15,16)17,8-11(12,13)14)9-6-4-3-5-7-9/h9H,2-8H2,1H3,(H2,15,16,17). The van der Waals surface area contributed by atoms with Gasteiger partial charge in [-0.2, -0.15) is 13.2 Å². The van der Waals surface area contributed by atoms with E-state index < -0.39 is 31.3 Å². The van der Waals surface area contributed by atoms with Gasteiger partial charge in [0.25, 0.3) is 0 Å². The van der Waals surface area contributed by atoms with Gasteiger partial charge < -0.3 is 9.79 Å². The molecule has 1 fully saturated rings. The normalized spacial score (nSPS) is 22.8. The quantitative estimate of drug-likeness (QED) is 0.773. The predicted molar refractivity (Wildman–Crippen MR) is 62.3 cm³/mol. The molecule has 1 unspecified atom stereocenters. The van der Waals surface area contributed by atoms with E-state index in [0.29, 0.717) is 12.8 Å². The first-order valence-electron chi connectivity index (χ1n) is 6.25. The van der Waals surface area contributed by atoms with E-state index >= 15 is 0 Å². The van der Waals surface area contributed by atoms with Gasteiger partial charge in [-0.15, -0.1) is 0 Å². The van der Waals surface area contributed by atoms with Crippen LogP contribution in [-0.2, 0) is 4.57 Å². The van der Waals surface area contributed by atoms with Gasteiger partial charge in [0, 0.05) is 0 Å². The second kappa shape index (κ2) is 5.51. The van der Waals surface area contributed by atoms with Crippen LogP contribution >= 0.6 is 7.60 Å². The topological polar surface area (TPSA) is 57.5 Å². The summed E-state index contributed by atoms with van der Waals surface area (Å²) in [5, 5.41) is -1.92. The van der Waals surface area contributed by atoms with Crippen molar-refractivity contribution in [3.63, 3.8) is 0 Å². The largest absolute Gasteiger partial charge is 0.390 e. The van der Waals surface area contributed by atoms with Gasteiger partial charge in [-0.05, 0) is 25.2 Å². The Bertz CT molecular complexity index is 320. The van der Waals surface area contributed by atoms with Gasteiger partial charge in [-0.25, -0.2) is 0 Å². The minimum atomic E-state index is -4.79. The molecule has 3 nitrogen and oxygen atoms in total. The second-order valence-corrected chi connectivity index (χ2v) is 7.11. The van der Waals surface area contributed by atoms with Crippen LogP contribution in [0.3, 0.4) is 0 Å². The van der Waals surface area contributed by atoms with E-state index in [4.69, 9.17) is 0 Å². The van der Waals surface area contributed by atoms with Crippen LogP contribution < -0.4 is 0 Å². The van der Waals surface area contributed by atoms with Gasteiger partial charge >= 0.3 is 13.8 Å². The Morgan fingerprint density at radius 1 is 1.17 bits per heavy atom. The Labute approximate surface area is 105 Å². The zero-order valence-electron chi connectivity index (χ0n) is 10.4. The van der Waals surface area contributed by atoms with Crippen molar-refractivity contribution < 1.29 is 27.5 Å². The molecular weight excluding hydrogens is 268 g/mol. The molecule has 18 heavy (non-hydrogen) atoms. The van der Waals surface area contributed by atoms with Crippen molar-refractivity contribution in [1.82, 2.24) is 0 Å². The van der Waals surface area contributed by atoms with Crippen molar-refractivity contribution in [2.24, 2.45) is 5.92 Å². The molecule has 1 saturated carbocycles. The van der Waals surface area contributed by atoms with Crippen LogP contribution in [-0.4, -0.2) is 21.1 Å². The molecule has 1 atom stereocenters. The number of hydrogen-bond donors (Lipinski definition) is 2. The van der Waals surface area contributed by atoms with Crippen LogP contribution in [0.15, 0.2) is 0 Å². The van der Waals surface area contributed by atoms with Crippen molar-refractivity contribution in [3.8, 4) is 0 Å². The summed E-state index contributed by atoms with van der Waals surface area (Å²) in [6.07, 6.45) is -2.66. The van der Waals surface area contributed by atoms with E-state index in [0.717, 1.165) is 19.3 Å². The van der Waals surface area contributed by atoms with Gasteiger partial charge in [0.1, 0.15) is 0 Å². The maximum atomic E-state index is 12.7. The molecule has 1 aliphatic carbocycles. The number of hydrogen-bond acceptors (Lipinski definition) is 1. The lowest BCUT2D eigenvalue weighted by Crippen LogP contribution is -2.42. The molecule has 2 N–H and O–H groups in total. The molecule has 0 amide bonds. The summed E-state index contributed by atoms with van der Waals surface area (Å²) in [7, 11) is -4.79. The monoisotopic (exact) mass is 288 g/mol. The molecule has 0 bridgehead atoms.